The molecule has 90 valence electrons. The summed E-state index contributed by atoms with van der Waals surface area (Å²) in [7, 11) is 0. The molecule has 0 atom stereocenters. The number of allylic oxidation sites excluding steroid dienone is 1. The van der Waals surface area contributed by atoms with Crippen molar-refractivity contribution in [2.24, 2.45) is 0 Å². The minimum absolute atomic E-state index is 0.580. The van der Waals surface area contributed by atoms with E-state index >= 15 is 0 Å². The van der Waals surface area contributed by atoms with Gasteiger partial charge in [-0.1, -0.05) is 23.4 Å². The topological polar surface area (TPSA) is 37.3 Å². The first-order chi connectivity index (χ1) is 8.16. The molecule has 0 aromatic heterocycles. The molecule has 0 fully saturated rings. The van der Waals surface area contributed by atoms with Gasteiger partial charge in [-0.2, -0.15) is 0 Å². The third kappa shape index (κ3) is 3.27. The largest absolute Gasteiger partial charge is 0.478 e. The van der Waals surface area contributed by atoms with Crippen LogP contribution in [0.15, 0.2) is 39.6 Å². The summed E-state index contributed by atoms with van der Waals surface area (Å²) in [6.45, 7) is 0. The highest BCUT2D eigenvalue weighted by molar-refractivity contribution is 8.03. The van der Waals surface area contributed by atoms with Crippen LogP contribution in [0.25, 0.3) is 0 Å². The Morgan fingerprint density at radius 2 is 1.82 bits per heavy atom. The van der Waals surface area contributed by atoms with E-state index in [1.807, 2.05) is 24.3 Å². The standard InChI is InChI=1S/C13H13ClO2S/c14-9-5-7-10(8-6-9)17-12-4-2-1-3-11(12)13(15)16/h5-8H,1-4H2,(H,15,16). The number of hydrogen-bond donors (Lipinski definition) is 1. The third-order valence-electron chi connectivity index (χ3n) is 2.73. The molecule has 1 aliphatic rings. The van der Waals surface area contributed by atoms with Crippen LogP contribution < -0.4 is 0 Å². The van der Waals surface area contributed by atoms with Crippen LogP contribution in [0.2, 0.25) is 5.02 Å². The normalized spacial score (nSPS) is 16.1. The summed E-state index contributed by atoms with van der Waals surface area (Å²) in [5, 5.41) is 9.84. The molecule has 1 N–H and O–H groups in total. The van der Waals surface area contributed by atoms with Crippen LogP contribution in [-0.4, -0.2) is 11.1 Å². The Morgan fingerprint density at radius 3 is 2.47 bits per heavy atom. The van der Waals surface area contributed by atoms with Crippen molar-refractivity contribution in [2.45, 2.75) is 30.6 Å². The molecule has 0 spiro atoms. The molecule has 0 heterocycles. The summed E-state index contributed by atoms with van der Waals surface area (Å²) in [6.07, 6.45) is 3.61. The molecule has 0 unspecified atom stereocenters. The van der Waals surface area contributed by atoms with Crippen molar-refractivity contribution >= 4 is 29.3 Å². The molecule has 1 aliphatic carbocycles. The van der Waals surface area contributed by atoms with Gasteiger partial charge in [0.1, 0.15) is 0 Å². The number of thioether (sulfide) groups is 1. The maximum atomic E-state index is 11.1. The first-order valence-electron chi connectivity index (χ1n) is 5.55. The molecule has 1 aromatic carbocycles. The van der Waals surface area contributed by atoms with Crippen molar-refractivity contribution in [3.05, 3.63) is 39.8 Å². The summed E-state index contributed by atoms with van der Waals surface area (Å²) in [4.78, 5) is 13.2. The predicted octanol–water partition coefficient (Wildman–Crippen LogP) is 4.34. The van der Waals surface area contributed by atoms with Crippen LogP contribution in [0.4, 0.5) is 0 Å². The zero-order valence-corrected chi connectivity index (χ0v) is 10.9. The number of benzene rings is 1. The summed E-state index contributed by atoms with van der Waals surface area (Å²) in [6, 6.07) is 7.50. The van der Waals surface area contributed by atoms with Crippen molar-refractivity contribution < 1.29 is 9.90 Å². The number of halogens is 1. The smallest absolute Gasteiger partial charge is 0.332 e. The van der Waals surface area contributed by atoms with Gasteiger partial charge in [0.15, 0.2) is 0 Å². The summed E-state index contributed by atoms with van der Waals surface area (Å²) in [5.41, 5.74) is 0.580. The lowest BCUT2D eigenvalue weighted by Crippen LogP contribution is -2.07. The van der Waals surface area contributed by atoms with Crippen LogP contribution >= 0.6 is 23.4 Å². The molecule has 17 heavy (non-hydrogen) atoms. The first-order valence-corrected chi connectivity index (χ1v) is 6.75. The van der Waals surface area contributed by atoms with Crippen molar-refractivity contribution in [1.82, 2.24) is 0 Å². The highest BCUT2D eigenvalue weighted by atomic mass is 35.5. The number of carboxylic acid groups (broad SMARTS) is 1. The van der Waals surface area contributed by atoms with Crippen molar-refractivity contribution in [1.29, 1.82) is 0 Å². The lowest BCUT2D eigenvalue weighted by atomic mass is 9.99. The molecule has 0 saturated heterocycles. The van der Waals surface area contributed by atoms with E-state index in [9.17, 15) is 4.79 Å². The zero-order chi connectivity index (χ0) is 12.3. The van der Waals surface area contributed by atoms with Gasteiger partial charge in [0.05, 0.1) is 0 Å². The molecule has 0 bridgehead atoms. The van der Waals surface area contributed by atoms with Crippen molar-refractivity contribution in [2.75, 3.05) is 0 Å². The maximum Gasteiger partial charge on any atom is 0.332 e. The van der Waals surface area contributed by atoms with E-state index in [4.69, 9.17) is 16.7 Å². The molecule has 0 radical (unpaired) electrons. The molecular weight excluding hydrogens is 256 g/mol. The fourth-order valence-electron chi connectivity index (χ4n) is 1.86. The van der Waals surface area contributed by atoms with Gasteiger partial charge in [0.25, 0.3) is 0 Å². The maximum absolute atomic E-state index is 11.1. The molecule has 0 amide bonds. The van der Waals surface area contributed by atoms with Gasteiger partial charge in [-0.3, -0.25) is 0 Å². The van der Waals surface area contributed by atoms with E-state index < -0.39 is 5.97 Å². The minimum Gasteiger partial charge on any atom is -0.478 e. The number of hydrogen-bond acceptors (Lipinski definition) is 2. The zero-order valence-electron chi connectivity index (χ0n) is 9.28. The fraction of sp³-hybridized carbons (Fsp3) is 0.308. The average molecular weight is 269 g/mol. The van der Waals surface area contributed by atoms with Crippen molar-refractivity contribution in [3.63, 3.8) is 0 Å². The predicted molar refractivity (Wildman–Crippen MR) is 70.4 cm³/mol. The van der Waals surface area contributed by atoms with E-state index in [0.29, 0.717) is 17.0 Å². The van der Waals surface area contributed by atoms with E-state index in [0.717, 1.165) is 29.1 Å². The van der Waals surface area contributed by atoms with Gasteiger partial charge in [-0.25, -0.2) is 4.79 Å². The molecule has 1 aromatic rings. The highest BCUT2D eigenvalue weighted by Crippen LogP contribution is 2.37. The lowest BCUT2D eigenvalue weighted by molar-refractivity contribution is -0.132. The van der Waals surface area contributed by atoms with Gasteiger partial charge in [0.2, 0.25) is 0 Å². The number of aliphatic carboxylic acids is 1. The average Bonchev–Trinajstić information content (AvgIpc) is 2.32. The second kappa shape index (κ2) is 5.61. The van der Waals surface area contributed by atoms with Crippen LogP contribution in [-0.2, 0) is 4.79 Å². The first kappa shape index (κ1) is 12.5. The van der Waals surface area contributed by atoms with Crippen LogP contribution in [0.5, 0.6) is 0 Å². The van der Waals surface area contributed by atoms with Gasteiger partial charge in [-0.05, 0) is 49.9 Å². The molecule has 2 nitrogen and oxygen atoms in total. The fourth-order valence-corrected chi connectivity index (χ4v) is 3.10. The van der Waals surface area contributed by atoms with Crippen LogP contribution in [0, 0.1) is 0 Å². The molecular formula is C13H13ClO2S. The minimum atomic E-state index is -0.777. The quantitative estimate of drug-likeness (QED) is 0.886. The van der Waals surface area contributed by atoms with Crippen molar-refractivity contribution in [3.8, 4) is 0 Å². The highest BCUT2D eigenvalue weighted by Gasteiger charge is 2.19. The number of carbonyl (C=O) groups is 1. The van der Waals surface area contributed by atoms with E-state index in [2.05, 4.69) is 0 Å². The van der Waals surface area contributed by atoms with Gasteiger partial charge < -0.3 is 5.11 Å². The summed E-state index contributed by atoms with van der Waals surface area (Å²) < 4.78 is 0. The Hall–Kier alpha value is -0.930. The molecule has 0 aliphatic heterocycles. The Bertz CT molecular complexity index is 451. The second-order valence-electron chi connectivity index (χ2n) is 3.97. The Labute approximate surface area is 110 Å². The Balaban J connectivity index is 2.21. The third-order valence-corrected chi connectivity index (χ3v) is 4.19. The number of rotatable bonds is 3. The monoisotopic (exact) mass is 268 g/mol. The van der Waals surface area contributed by atoms with Gasteiger partial charge in [0, 0.05) is 20.4 Å². The summed E-state index contributed by atoms with van der Waals surface area (Å²) >= 11 is 7.37. The number of carboxylic acids is 1. The SMILES string of the molecule is O=C(O)C1=C(Sc2ccc(Cl)cc2)CCCC1. The Morgan fingerprint density at radius 1 is 1.18 bits per heavy atom. The molecule has 2 rings (SSSR count). The van der Waals surface area contributed by atoms with Crippen LogP contribution in [0.1, 0.15) is 25.7 Å². The van der Waals surface area contributed by atoms with Crippen LogP contribution in [0.3, 0.4) is 0 Å². The second-order valence-corrected chi connectivity index (χ2v) is 5.57. The lowest BCUT2D eigenvalue weighted by Gasteiger charge is -2.16. The summed E-state index contributed by atoms with van der Waals surface area (Å²) in [5.74, 6) is -0.777. The Kier molecular flexibility index (Phi) is 4.13. The van der Waals surface area contributed by atoms with E-state index in [-0.39, 0.29) is 0 Å². The molecule has 4 heteroatoms. The van der Waals surface area contributed by atoms with E-state index in [1.54, 1.807) is 11.8 Å². The van der Waals surface area contributed by atoms with E-state index in [1.165, 1.54) is 0 Å². The molecule has 0 saturated carbocycles. The van der Waals surface area contributed by atoms with Gasteiger partial charge in [-0.15, -0.1) is 0 Å². The van der Waals surface area contributed by atoms with Gasteiger partial charge >= 0.3 is 5.97 Å².